The van der Waals surface area contributed by atoms with E-state index in [4.69, 9.17) is 27.9 Å². The van der Waals surface area contributed by atoms with Crippen molar-refractivity contribution in [3.8, 4) is 0 Å². The Bertz CT molecular complexity index is 1150. The largest absolute Gasteiger partial charge is 0.378 e. The molecular formula is C27H31Cl2FN4O3. The van der Waals surface area contributed by atoms with Crippen LogP contribution in [0.25, 0.3) is 0 Å². The zero-order chi connectivity index (χ0) is 26.4. The molecule has 2 aromatic carbocycles. The minimum Gasteiger partial charge on any atom is -0.378 e. The Morgan fingerprint density at radius 2 is 1.81 bits per heavy atom. The number of likely N-dealkylation sites (tertiary alicyclic amines) is 1. The van der Waals surface area contributed by atoms with Crippen LogP contribution in [-0.2, 0) is 9.53 Å². The number of ether oxygens (including phenoxy) is 1. The van der Waals surface area contributed by atoms with Crippen LogP contribution in [0.4, 0.5) is 9.18 Å². The highest BCUT2D eigenvalue weighted by Gasteiger charge is 2.33. The van der Waals surface area contributed by atoms with Gasteiger partial charge in [0.1, 0.15) is 5.82 Å². The minimum atomic E-state index is -0.695. The standard InChI is InChI=1S/C27H31Cl2FN4O3/c1-37-16-23-24(25(33-27(36)32-23)19-5-8-21(28)22(29)15-19)26(35)31-11-2-12-34-13-9-18(10-14-34)17-3-6-20(30)7-4-17/h3-8,15,18,25H,2,9-14,16H2,1H3,(H,31,35)(H2,32,33,36)/t25-/m1/s1. The Balaban J connectivity index is 1.33. The molecule has 37 heavy (non-hydrogen) atoms. The Kier molecular flexibility index (Phi) is 9.43. The zero-order valence-electron chi connectivity index (χ0n) is 20.7. The molecule has 0 aliphatic carbocycles. The molecule has 2 aliphatic rings. The lowest BCUT2D eigenvalue weighted by molar-refractivity contribution is -0.118. The number of carbonyl (C=O) groups is 2. The average Bonchev–Trinajstić information content (AvgIpc) is 2.89. The number of amides is 3. The summed E-state index contributed by atoms with van der Waals surface area (Å²) in [5, 5.41) is 9.22. The van der Waals surface area contributed by atoms with Crippen molar-refractivity contribution in [2.75, 3.05) is 39.9 Å². The Hall–Kier alpha value is -2.65. The van der Waals surface area contributed by atoms with Gasteiger partial charge in [-0.25, -0.2) is 9.18 Å². The summed E-state index contributed by atoms with van der Waals surface area (Å²) >= 11 is 12.3. The van der Waals surface area contributed by atoms with Crippen molar-refractivity contribution in [2.24, 2.45) is 0 Å². The quantitative estimate of drug-likeness (QED) is 0.394. The summed E-state index contributed by atoms with van der Waals surface area (Å²) in [7, 11) is 1.50. The fourth-order valence-corrected chi connectivity index (χ4v) is 5.22. The normalized spacial score (nSPS) is 18.9. The van der Waals surface area contributed by atoms with E-state index >= 15 is 0 Å². The molecular weight excluding hydrogens is 518 g/mol. The molecule has 2 aliphatic heterocycles. The van der Waals surface area contributed by atoms with Gasteiger partial charge in [0.25, 0.3) is 5.91 Å². The molecule has 10 heteroatoms. The van der Waals surface area contributed by atoms with E-state index in [1.54, 1.807) is 18.2 Å². The van der Waals surface area contributed by atoms with E-state index in [1.165, 1.54) is 24.8 Å². The minimum absolute atomic E-state index is 0.0804. The average molecular weight is 549 g/mol. The fourth-order valence-electron chi connectivity index (χ4n) is 4.91. The molecule has 0 unspecified atom stereocenters. The van der Waals surface area contributed by atoms with E-state index in [0.717, 1.165) is 38.9 Å². The molecule has 0 bridgehead atoms. The van der Waals surface area contributed by atoms with Crippen LogP contribution in [0, 0.1) is 5.82 Å². The molecule has 4 rings (SSSR count). The van der Waals surface area contributed by atoms with Gasteiger partial charge in [0.15, 0.2) is 0 Å². The number of hydrogen-bond acceptors (Lipinski definition) is 4. The van der Waals surface area contributed by atoms with Crippen LogP contribution in [0.1, 0.15) is 42.3 Å². The van der Waals surface area contributed by atoms with Crippen LogP contribution < -0.4 is 16.0 Å². The number of carbonyl (C=O) groups excluding carboxylic acids is 2. The Morgan fingerprint density at radius 1 is 1.11 bits per heavy atom. The second-order valence-corrected chi connectivity index (χ2v) is 10.1. The van der Waals surface area contributed by atoms with E-state index < -0.39 is 12.1 Å². The molecule has 0 aromatic heterocycles. The number of piperidine rings is 1. The molecule has 3 N–H and O–H groups in total. The third kappa shape index (κ3) is 7.02. The van der Waals surface area contributed by atoms with Crippen LogP contribution in [0.2, 0.25) is 10.0 Å². The van der Waals surface area contributed by atoms with E-state index in [2.05, 4.69) is 20.9 Å². The van der Waals surface area contributed by atoms with Crippen LogP contribution in [0.3, 0.4) is 0 Å². The first kappa shape index (κ1) is 27.4. The third-order valence-electron chi connectivity index (χ3n) is 6.83. The van der Waals surface area contributed by atoms with Gasteiger partial charge in [-0.2, -0.15) is 0 Å². The van der Waals surface area contributed by atoms with E-state index in [9.17, 15) is 14.0 Å². The van der Waals surface area contributed by atoms with Crippen LogP contribution in [0.15, 0.2) is 53.7 Å². The summed E-state index contributed by atoms with van der Waals surface area (Å²) in [6.07, 6.45) is 2.85. The summed E-state index contributed by atoms with van der Waals surface area (Å²) in [6, 6.07) is 10.7. The van der Waals surface area contributed by atoms with Crippen molar-refractivity contribution in [3.63, 3.8) is 0 Å². The van der Waals surface area contributed by atoms with Gasteiger partial charge in [0.2, 0.25) is 0 Å². The highest BCUT2D eigenvalue weighted by molar-refractivity contribution is 6.42. The van der Waals surface area contributed by atoms with Crippen molar-refractivity contribution < 1.29 is 18.7 Å². The van der Waals surface area contributed by atoms with Gasteiger partial charge in [-0.15, -0.1) is 0 Å². The van der Waals surface area contributed by atoms with Crippen molar-refractivity contribution in [3.05, 3.63) is 80.7 Å². The SMILES string of the molecule is COCC1=C(C(=O)NCCCN2CCC(c3ccc(F)cc3)CC2)[C@@H](c2ccc(Cl)c(Cl)c2)NC(=O)N1. The third-order valence-corrected chi connectivity index (χ3v) is 7.57. The molecule has 2 heterocycles. The maximum Gasteiger partial charge on any atom is 0.319 e. The number of nitrogens with zero attached hydrogens (tertiary/aromatic N) is 1. The lowest BCUT2D eigenvalue weighted by Gasteiger charge is -2.32. The van der Waals surface area contributed by atoms with Crippen LogP contribution in [0.5, 0.6) is 0 Å². The molecule has 198 valence electrons. The first-order valence-corrected chi connectivity index (χ1v) is 13.1. The number of urea groups is 1. The van der Waals surface area contributed by atoms with Gasteiger partial charge in [0.05, 0.1) is 34.0 Å². The number of hydrogen-bond donors (Lipinski definition) is 3. The molecule has 7 nitrogen and oxygen atoms in total. The van der Waals surface area contributed by atoms with E-state index in [0.29, 0.717) is 39.3 Å². The molecule has 0 radical (unpaired) electrons. The van der Waals surface area contributed by atoms with Crippen molar-refractivity contribution in [2.45, 2.75) is 31.2 Å². The second kappa shape index (κ2) is 12.7. The summed E-state index contributed by atoms with van der Waals surface area (Å²) in [5.74, 6) is -0.0383. The predicted molar refractivity (Wildman–Crippen MR) is 142 cm³/mol. The van der Waals surface area contributed by atoms with Crippen LogP contribution in [-0.4, -0.2) is 56.7 Å². The first-order chi connectivity index (χ1) is 17.9. The van der Waals surface area contributed by atoms with Gasteiger partial charge < -0.3 is 25.6 Å². The molecule has 2 aromatic rings. The molecule has 0 spiro atoms. The summed E-state index contributed by atoms with van der Waals surface area (Å²) < 4.78 is 18.4. The monoisotopic (exact) mass is 548 g/mol. The van der Waals surface area contributed by atoms with Gasteiger partial charge in [0, 0.05) is 13.7 Å². The molecule has 1 saturated heterocycles. The van der Waals surface area contributed by atoms with Gasteiger partial charge in [-0.3, -0.25) is 4.79 Å². The van der Waals surface area contributed by atoms with Gasteiger partial charge in [-0.05, 0) is 80.2 Å². The Labute approximate surface area is 226 Å². The fraction of sp³-hybridized carbons (Fsp3) is 0.407. The van der Waals surface area contributed by atoms with Gasteiger partial charge >= 0.3 is 6.03 Å². The highest BCUT2D eigenvalue weighted by Crippen LogP contribution is 2.32. The number of rotatable bonds is 9. The maximum absolute atomic E-state index is 13.3. The van der Waals surface area contributed by atoms with Crippen LogP contribution >= 0.6 is 23.2 Å². The van der Waals surface area contributed by atoms with Crippen molar-refractivity contribution in [1.29, 1.82) is 0 Å². The molecule has 1 fully saturated rings. The summed E-state index contributed by atoms with van der Waals surface area (Å²) in [6.45, 7) is 3.37. The number of halogens is 3. The highest BCUT2D eigenvalue weighted by atomic mass is 35.5. The van der Waals surface area contributed by atoms with Gasteiger partial charge in [-0.1, -0.05) is 41.4 Å². The number of benzene rings is 2. The summed E-state index contributed by atoms with van der Waals surface area (Å²) in [5.41, 5.74) is 2.62. The van der Waals surface area contributed by atoms with Crippen molar-refractivity contribution >= 4 is 35.1 Å². The van der Waals surface area contributed by atoms with E-state index in [1.807, 2.05) is 12.1 Å². The van der Waals surface area contributed by atoms with Crippen molar-refractivity contribution in [1.82, 2.24) is 20.9 Å². The molecule has 1 atom stereocenters. The number of nitrogens with one attached hydrogen (secondary N) is 3. The second-order valence-electron chi connectivity index (χ2n) is 9.31. The zero-order valence-corrected chi connectivity index (χ0v) is 22.2. The number of methoxy groups -OCH3 is 1. The molecule has 3 amide bonds. The first-order valence-electron chi connectivity index (χ1n) is 12.4. The topological polar surface area (TPSA) is 82.7 Å². The molecule has 0 saturated carbocycles. The maximum atomic E-state index is 13.3. The van der Waals surface area contributed by atoms with E-state index in [-0.39, 0.29) is 18.3 Å². The lowest BCUT2D eigenvalue weighted by Crippen LogP contribution is -2.48. The Morgan fingerprint density at radius 3 is 2.49 bits per heavy atom. The predicted octanol–water partition coefficient (Wildman–Crippen LogP) is 4.77. The lowest BCUT2D eigenvalue weighted by atomic mass is 9.89. The summed E-state index contributed by atoms with van der Waals surface area (Å²) in [4.78, 5) is 28.0. The smallest absolute Gasteiger partial charge is 0.319 e.